The second kappa shape index (κ2) is 4.55. The van der Waals surface area contributed by atoms with Crippen molar-refractivity contribution in [2.75, 3.05) is 0 Å². The second-order valence-corrected chi connectivity index (χ2v) is 3.99. The molecule has 1 aromatic carbocycles. The highest BCUT2D eigenvalue weighted by Crippen LogP contribution is 2.29. The third kappa shape index (κ3) is 2.54. The quantitative estimate of drug-likeness (QED) is 0.907. The van der Waals surface area contributed by atoms with E-state index in [0.29, 0.717) is 10.0 Å². The van der Waals surface area contributed by atoms with Gasteiger partial charge < -0.3 is 5.11 Å². The van der Waals surface area contributed by atoms with E-state index in [4.69, 9.17) is 5.11 Å². The Morgan fingerprint density at radius 2 is 2.29 bits per heavy atom. The molecule has 0 amide bonds. The molecule has 0 bridgehead atoms. The molecule has 14 heavy (non-hydrogen) atoms. The van der Waals surface area contributed by atoms with Crippen LogP contribution in [0.25, 0.3) is 0 Å². The van der Waals surface area contributed by atoms with E-state index in [2.05, 4.69) is 15.9 Å². The minimum atomic E-state index is -0.923. The highest BCUT2D eigenvalue weighted by molar-refractivity contribution is 9.10. The fourth-order valence-corrected chi connectivity index (χ4v) is 2.08. The van der Waals surface area contributed by atoms with Crippen LogP contribution in [0.5, 0.6) is 0 Å². The maximum absolute atomic E-state index is 13.3. The van der Waals surface area contributed by atoms with Crippen molar-refractivity contribution in [2.45, 2.75) is 19.3 Å². The Morgan fingerprint density at radius 1 is 1.64 bits per heavy atom. The summed E-state index contributed by atoms with van der Waals surface area (Å²) < 4.78 is 13.9. The normalized spacial score (nSPS) is 12.5. The van der Waals surface area contributed by atoms with Gasteiger partial charge in [0.25, 0.3) is 0 Å². The monoisotopic (exact) mass is 260 g/mol. The van der Waals surface area contributed by atoms with Crippen molar-refractivity contribution in [2.24, 2.45) is 0 Å². The molecule has 0 fully saturated rings. The summed E-state index contributed by atoms with van der Waals surface area (Å²) in [5.74, 6) is -1.62. The summed E-state index contributed by atoms with van der Waals surface area (Å²) in [5, 5.41) is 8.59. The second-order valence-electron chi connectivity index (χ2n) is 3.13. The highest BCUT2D eigenvalue weighted by atomic mass is 79.9. The van der Waals surface area contributed by atoms with Gasteiger partial charge in [0.2, 0.25) is 0 Å². The lowest BCUT2D eigenvalue weighted by atomic mass is 9.97. The van der Waals surface area contributed by atoms with E-state index in [1.165, 1.54) is 6.07 Å². The van der Waals surface area contributed by atoms with Crippen LogP contribution < -0.4 is 0 Å². The van der Waals surface area contributed by atoms with E-state index >= 15 is 0 Å². The van der Waals surface area contributed by atoms with Crippen molar-refractivity contribution in [3.8, 4) is 0 Å². The van der Waals surface area contributed by atoms with E-state index in [0.717, 1.165) is 0 Å². The standard InChI is InChI=1S/C10H10BrFO2/c1-6(5-9(13)14)10-7(11)3-2-4-8(10)12/h2-4,6H,5H2,1H3,(H,13,14). The molecule has 1 rings (SSSR count). The third-order valence-electron chi connectivity index (χ3n) is 1.97. The Balaban J connectivity index is 2.99. The van der Waals surface area contributed by atoms with Gasteiger partial charge >= 0.3 is 5.97 Å². The van der Waals surface area contributed by atoms with Gasteiger partial charge in [-0.3, -0.25) is 4.79 Å². The van der Waals surface area contributed by atoms with Gasteiger partial charge in [-0.15, -0.1) is 0 Å². The Hall–Kier alpha value is -0.900. The lowest BCUT2D eigenvalue weighted by molar-refractivity contribution is -0.137. The molecule has 76 valence electrons. The molecule has 4 heteroatoms. The van der Waals surface area contributed by atoms with E-state index in [1.54, 1.807) is 19.1 Å². The van der Waals surface area contributed by atoms with Crippen LogP contribution in [0, 0.1) is 5.82 Å². The molecule has 0 heterocycles. The number of rotatable bonds is 3. The maximum Gasteiger partial charge on any atom is 0.303 e. The van der Waals surface area contributed by atoms with E-state index in [9.17, 15) is 9.18 Å². The summed E-state index contributed by atoms with van der Waals surface area (Å²) in [4.78, 5) is 10.5. The topological polar surface area (TPSA) is 37.3 Å². The van der Waals surface area contributed by atoms with Crippen molar-refractivity contribution in [3.63, 3.8) is 0 Å². The molecule has 1 unspecified atom stereocenters. The molecule has 0 aliphatic carbocycles. The van der Waals surface area contributed by atoms with E-state index in [1.807, 2.05) is 0 Å². The van der Waals surface area contributed by atoms with Crippen LogP contribution in [0.2, 0.25) is 0 Å². The van der Waals surface area contributed by atoms with Crippen LogP contribution >= 0.6 is 15.9 Å². The largest absolute Gasteiger partial charge is 0.481 e. The summed E-state index contributed by atoms with van der Waals surface area (Å²) in [6.07, 6.45) is -0.0699. The Bertz CT molecular complexity index is 332. The fourth-order valence-electron chi connectivity index (χ4n) is 1.35. The van der Waals surface area contributed by atoms with Crippen LogP contribution in [0.3, 0.4) is 0 Å². The molecule has 1 N–H and O–H groups in total. The summed E-state index contributed by atoms with van der Waals surface area (Å²) in [6, 6.07) is 4.62. The summed E-state index contributed by atoms with van der Waals surface area (Å²) >= 11 is 3.20. The number of halogens is 2. The zero-order valence-corrected chi connectivity index (χ0v) is 9.21. The van der Waals surface area contributed by atoms with Crippen molar-refractivity contribution >= 4 is 21.9 Å². The van der Waals surface area contributed by atoms with Crippen molar-refractivity contribution in [3.05, 3.63) is 34.1 Å². The first kappa shape index (κ1) is 11.2. The van der Waals surface area contributed by atoms with Crippen molar-refractivity contribution < 1.29 is 14.3 Å². The summed E-state index contributed by atoms with van der Waals surface area (Å²) in [5.41, 5.74) is 0.426. The number of carbonyl (C=O) groups is 1. The first-order valence-electron chi connectivity index (χ1n) is 4.18. The van der Waals surface area contributed by atoms with Crippen molar-refractivity contribution in [1.82, 2.24) is 0 Å². The molecule has 1 atom stereocenters. The molecule has 0 saturated carbocycles. The molecule has 0 spiro atoms. The molecule has 2 nitrogen and oxygen atoms in total. The Kier molecular flexibility index (Phi) is 3.63. The van der Waals surface area contributed by atoms with Gasteiger partial charge in [-0.2, -0.15) is 0 Å². The van der Waals surface area contributed by atoms with Gasteiger partial charge in [0.05, 0.1) is 6.42 Å². The third-order valence-corrected chi connectivity index (χ3v) is 2.66. The molecule has 0 aliphatic rings. The van der Waals surface area contributed by atoms with Gasteiger partial charge in [-0.05, 0) is 18.1 Å². The number of benzene rings is 1. The average Bonchev–Trinajstić information content (AvgIpc) is 2.01. The van der Waals surface area contributed by atoms with Crippen LogP contribution in [0.4, 0.5) is 4.39 Å². The van der Waals surface area contributed by atoms with Gasteiger partial charge in [0, 0.05) is 10.0 Å². The molecule has 0 aromatic heterocycles. The maximum atomic E-state index is 13.3. The summed E-state index contributed by atoms with van der Waals surface area (Å²) in [7, 11) is 0. The van der Waals surface area contributed by atoms with Gasteiger partial charge in [0.1, 0.15) is 5.82 Å². The zero-order valence-electron chi connectivity index (χ0n) is 7.63. The first-order chi connectivity index (χ1) is 6.52. The lowest BCUT2D eigenvalue weighted by Gasteiger charge is -2.12. The van der Waals surface area contributed by atoms with E-state index < -0.39 is 5.97 Å². The van der Waals surface area contributed by atoms with Gasteiger partial charge in [0.15, 0.2) is 0 Å². The first-order valence-corrected chi connectivity index (χ1v) is 4.97. The molecular weight excluding hydrogens is 251 g/mol. The zero-order chi connectivity index (χ0) is 10.7. The van der Waals surface area contributed by atoms with Gasteiger partial charge in [-0.1, -0.05) is 28.9 Å². The number of carboxylic acid groups (broad SMARTS) is 1. The van der Waals surface area contributed by atoms with Crippen LogP contribution in [-0.4, -0.2) is 11.1 Å². The molecule has 0 radical (unpaired) electrons. The molecule has 0 aliphatic heterocycles. The number of hydrogen-bond donors (Lipinski definition) is 1. The Morgan fingerprint density at radius 3 is 2.79 bits per heavy atom. The number of carboxylic acids is 1. The lowest BCUT2D eigenvalue weighted by Crippen LogP contribution is -2.05. The van der Waals surface area contributed by atoms with Crippen LogP contribution in [-0.2, 0) is 4.79 Å². The van der Waals surface area contributed by atoms with Crippen molar-refractivity contribution in [1.29, 1.82) is 0 Å². The van der Waals surface area contributed by atoms with E-state index in [-0.39, 0.29) is 18.2 Å². The van der Waals surface area contributed by atoms with Crippen LogP contribution in [0.15, 0.2) is 22.7 Å². The van der Waals surface area contributed by atoms with Crippen LogP contribution in [0.1, 0.15) is 24.8 Å². The minimum Gasteiger partial charge on any atom is -0.481 e. The van der Waals surface area contributed by atoms with Gasteiger partial charge in [-0.25, -0.2) is 4.39 Å². The minimum absolute atomic E-state index is 0.0699. The Labute approximate surface area is 89.9 Å². The SMILES string of the molecule is CC(CC(=O)O)c1c(F)cccc1Br. The predicted molar refractivity (Wildman–Crippen MR) is 54.8 cm³/mol. The number of hydrogen-bond acceptors (Lipinski definition) is 1. The fraction of sp³-hybridized carbons (Fsp3) is 0.300. The molecular formula is C10H10BrFO2. The molecule has 0 saturated heterocycles. The average molecular weight is 261 g/mol. The summed E-state index contributed by atoms with van der Waals surface area (Å²) in [6.45, 7) is 1.69. The highest BCUT2D eigenvalue weighted by Gasteiger charge is 2.16. The number of aliphatic carboxylic acids is 1. The predicted octanol–water partition coefficient (Wildman–Crippen LogP) is 3.17. The smallest absolute Gasteiger partial charge is 0.303 e. The molecule has 1 aromatic rings.